The molecule has 0 spiro atoms. The van der Waals surface area contributed by atoms with Gasteiger partial charge in [-0.3, -0.25) is 4.79 Å². The minimum atomic E-state index is -0.0262. The molecule has 0 aromatic carbocycles. The highest BCUT2D eigenvalue weighted by Gasteiger charge is 2.09. The lowest BCUT2D eigenvalue weighted by atomic mass is 10.3. The zero-order valence-corrected chi connectivity index (χ0v) is 14.0. The van der Waals surface area contributed by atoms with Crippen molar-refractivity contribution in [2.24, 2.45) is 0 Å². The quantitative estimate of drug-likeness (QED) is 0.735. The minimum Gasteiger partial charge on any atom is -0.351 e. The predicted octanol–water partition coefficient (Wildman–Crippen LogP) is 4.45. The Bertz CT molecular complexity index is 733. The number of carbonyl (C=O) groups is 1. The number of thiophene rings is 2. The number of nitrogens with zero attached hydrogens (tertiary/aromatic N) is 1. The second-order valence-corrected chi connectivity index (χ2v) is 7.75. The van der Waals surface area contributed by atoms with Crippen LogP contribution >= 0.6 is 45.6 Å². The van der Waals surface area contributed by atoms with Crippen LogP contribution in [0.3, 0.4) is 0 Å². The second-order valence-electron chi connectivity index (χ2n) is 4.32. The molecule has 0 radical (unpaired) electrons. The SMILES string of the molecule is O=C(Cc1csc(-c2ccsc2)n1)NCc1ccc(Cl)s1. The van der Waals surface area contributed by atoms with Gasteiger partial charge in [0.15, 0.2) is 0 Å². The lowest BCUT2D eigenvalue weighted by molar-refractivity contribution is -0.120. The maximum Gasteiger partial charge on any atom is 0.226 e. The molecule has 0 unspecified atom stereocenters. The number of halogens is 1. The van der Waals surface area contributed by atoms with Crippen LogP contribution in [-0.4, -0.2) is 10.9 Å². The van der Waals surface area contributed by atoms with E-state index in [4.69, 9.17) is 11.6 Å². The standard InChI is InChI=1S/C14H11ClN2OS3/c15-12-2-1-11(21-12)6-16-13(18)5-10-8-20-14(17-10)9-3-4-19-7-9/h1-4,7-8H,5-6H2,(H,16,18). The van der Waals surface area contributed by atoms with Crippen LogP contribution in [0.25, 0.3) is 10.6 Å². The number of rotatable bonds is 5. The zero-order chi connectivity index (χ0) is 14.7. The molecular weight excluding hydrogens is 344 g/mol. The van der Waals surface area contributed by atoms with Crippen molar-refractivity contribution in [3.8, 4) is 10.6 Å². The molecule has 0 atom stereocenters. The lowest BCUT2D eigenvalue weighted by Crippen LogP contribution is -2.24. The highest BCUT2D eigenvalue weighted by molar-refractivity contribution is 7.16. The molecule has 3 heterocycles. The molecule has 0 fully saturated rings. The van der Waals surface area contributed by atoms with Gasteiger partial charge >= 0.3 is 0 Å². The average Bonchev–Trinajstić information content (AvgIpc) is 3.16. The van der Waals surface area contributed by atoms with E-state index >= 15 is 0 Å². The number of carbonyl (C=O) groups excluding carboxylic acids is 1. The Morgan fingerprint density at radius 3 is 2.90 bits per heavy atom. The third-order valence-electron chi connectivity index (χ3n) is 2.75. The van der Waals surface area contributed by atoms with Gasteiger partial charge in [-0.15, -0.1) is 22.7 Å². The maximum atomic E-state index is 11.9. The minimum absolute atomic E-state index is 0.0262. The summed E-state index contributed by atoms with van der Waals surface area (Å²) < 4.78 is 0.735. The number of amides is 1. The summed E-state index contributed by atoms with van der Waals surface area (Å²) >= 11 is 10.5. The number of nitrogens with one attached hydrogen (secondary N) is 1. The van der Waals surface area contributed by atoms with E-state index in [1.54, 1.807) is 22.7 Å². The summed E-state index contributed by atoms with van der Waals surface area (Å²) in [6.45, 7) is 0.512. The molecule has 7 heteroatoms. The fraction of sp³-hybridized carbons (Fsp3) is 0.143. The van der Waals surface area contributed by atoms with Crippen molar-refractivity contribution < 1.29 is 4.79 Å². The van der Waals surface area contributed by atoms with Gasteiger partial charge in [0.05, 0.1) is 23.0 Å². The van der Waals surface area contributed by atoms with Crippen molar-refractivity contribution >= 4 is 51.5 Å². The second kappa shape index (κ2) is 6.70. The van der Waals surface area contributed by atoms with Crippen LogP contribution in [0.5, 0.6) is 0 Å². The van der Waals surface area contributed by atoms with Crippen LogP contribution in [0, 0.1) is 0 Å². The van der Waals surface area contributed by atoms with E-state index < -0.39 is 0 Å². The fourth-order valence-electron chi connectivity index (χ4n) is 1.77. The number of hydrogen-bond acceptors (Lipinski definition) is 5. The molecule has 108 valence electrons. The molecule has 0 aliphatic carbocycles. The van der Waals surface area contributed by atoms with E-state index in [9.17, 15) is 4.79 Å². The molecule has 21 heavy (non-hydrogen) atoms. The fourth-order valence-corrected chi connectivity index (χ4v) is 4.33. The molecule has 3 aromatic heterocycles. The van der Waals surface area contributed by atoms with Gasteiger partial charge in [-0.2, -0.15) is 11.3 Å². The third kappa shape index (κ3) is 3.91. The van der Waals surface area contributed by atoms with Gasteiger partial charge in [-0.05, 0) is 23.6 Å². The molecule has 1 N–H and O–H groups in total. The topological polar surface area (TPSA) is 42.0 Å². The van der Waals surface area contributed by atoms with E-state index in [0.717, 1.165) is 25.5 Å². The Hall–Kier alpha value is -1.21. The maximum absolute atomic E-state index is 11.9. The molecule has 0 aliphatic heterocycles. The van der Waals surface area contributed by atoms with E-state index in [0.29, 0.717) is 13.0 Å². The van der Waals surface area contributed by atoms with Gasteiger partial charge in [-0.25, -0.2) is 4.98 Å². The highest BCUT2D eigenvalue weighted by atomic mass is 35.5. The monoisotopic (exact) mass is 354 g/mol. The Labute approximate surface area is 139 Å². The number of thiazole rings is 1. The van der Waals surface area contributed by atoms with Crippen molar-refractivity contribution in [2.75, 3.05) is 0 Å². The summed E-state index contributed by atoms with van der Waals surface area (Å²) in [5.74, 6) is -0.0262. The Morgan fingerprint density at radius 2 is 2.19 bits per heavy atom. The van der Waals surface area contributed by atoms with Gasteiger partial charge in [0.2, 0.25) is 5.91 Å². The van der Waals surface area contributed by atoms with E-state index in [2.05, 4.69) is 15.7 Å². The van der Waals surface area contributed by atoms with E-state index in [-0.39, 0.29) is 5.91 Å². The Balaban J connectivity index is 1.55. The van der Waals surface area contributed by atoms with Gasteiger partial charge in [-0.1, -0.05) is 11.6 Å². The number of aromatic nitrogens is 1. The molecular formula is C14H11ClN2OS3. The van der Waals surface area contributed by atoms with Crippen LogP contribution in [0.4, 0.5) is 0 Å². The van der Waals surface area contributed by atoms with Gasteiger partial charge in [0.1, 0.15) is 5.01 Å². The van der Waals surface area contributed by atoms with Crippen molar-refractivity contribution in [1.82, 2.24) is 10.3 Å². The summed E-state index contributed by atoms with van der Waals surface area (Å²) in [4.78, 5) is 17.5. The molecule has 1 amide bonds. The largest absolute Gasteiger partial charge is 0.351 e. The van der Waals surface area contributed by atoms with Crippen molar-refractivity contribution in [1.29, 1.82) is 0 Å². The first-order valence-electron chi connectivity index (χ1n) is 6.18. The molecule has 3 rings (SSSR count). The summed E-state index contributed by atoms with van der Waals surface area (Å²) in [5.41, 5.74) is 1.92. The van der Waals surface area contributed by atoms with Gasteiger partial charge in [0, 0.05) is 21.2 Å². The molecule has 3 aromatic rings. The summed E-state index contributed by atoms with van der Waals surface area (Å²) in [7, 11) is 0. The van der Waals surface area contributed by atoms with Crippen LogP contribution in [0.2, 0.25) is 4.34 Å². The normalized spacial score (nSPS) is 10.7. The van der Waals surface area contributed by atoms with E-state index in [1.807, 2.05) is 29.0 Å². The number of hydrogen-bond donors (Lipinski definition) is 1. The average molecular weight is 355 g/mol. The molecule has 0 aliphatic rings. The predicted molar refractivity (Wildman–Crippen MR) is 90.3 cm³/mol. The third-order valence-corrected chi connectivity index (χ3v) is 5.60. The van der Waals surface area contributed by atoms with Crippen LogP contribution < -0.4 is 5.32 Å². The van der Waals surface area contributed by atoms with Crippen LogP contribution in [0.1, 0.15) is 10.6 Å². The Morgan fingerprint density at radius 1 is 1.29 bits per heavy atom. The molecule has 0 saturated carbocycles. The van der Waals surface area contributed by atoms with E-state index in [1.165, 1.54) is 11.3 Å². The first kappa shape index (κ1) is 14.7. The van der Waals surface area contributed by atoms with Crippen molar-refractivity contribution in [3.63, 3.8) is 0 Å². The molecule has 3 nitrogen and oxygen atoms in total. The zero-order valence-electron chi connectivity index (χ0n) is 10.8. The molecule has 0 bridgehead atoms. The van der Waals surface area contributed by atoms with Gasteiger partial charge in [0.25, 0.3) is 0 Å². The smallest absolute Gasteiger partial charge is 0.226 e. The Kier molecular flexibility index (Phi) is 4.70. The highest BCUT2D eigenvalue weighted by Crippen LogP contribution is 2.26. The summed E-state index contributed by atoms with van der Waals surface area (Å²) in [5, 5.41) is 9.87. The summed E-state index contributed by atoms with van der Waals surface area (Å²) in [6, 6.07) is 5.79. The van der Waals surface area contributed by atoms with Crippen LogP contribution in [-0.2, 0) is 17.8 Å². The van der Waals surface area contributed by atoms with Crippen molar-refractivity contribution in [3.05, 3.63) is 49.2 Å². The first-order chi connectivity index (χ1) is 10.2. The lowest BCUT2D eigenvalue weighted by Gasteiger charge is -2.01. The molecule has 0 saturated heterocycles. The van der Waals surface area contributed by atoms with Crippen LogP contribution in [0.15, 0.2) is 34.3 Å². The summed E-state index contributed by atoms with van der Waals surface area (Å²) in [6.07, 6.45) is 0.305. The van der Waals surface area contributed by atoms with Gasteiger partial charge < -0.3 is 5.32 Å². The van der Waals surface area contributed by atoms with Crippen molar-refractivity contribution in [2.45, 2.75) is 13.0 Å². The first-order valence-corrected chi connectivity index (χ1v) is 9.20.